The standard InChI is InChI=1S/C7H16N2/c1-3-7(2)4-5-8-6-9-7/h8-9H,3-6H2,1-2H3. The fraction of sp³-hybridized carbons (Fsp3) is 1.00. The van der Waals surface area contributed by atoms with Crippen LogP contribution in [0.25, 0.3) is 0 Å². The zero-order chi connectivity index (χ0) is 6.74. The number of rotatable bonds is 1. The summed E-state index contributed by atoms with van der Waals surface area (Å²) in [6, 6.07) is 0. The van der Waals surface area contributed by atoms with E-state index < -0.39 is 0 Å². The van der Waals surface area contributed by atoms with Crippen LogP contribution >= 0.6 is 0 Å². The summed E-state index contributed by atoms with van der Waals surface area (Å²) >= 11 is 0. The largest absolute Gasteiger partial charge is 0.304 e. The predicted molar refractivity (Wildman–Crippen MR) is 39.3 cm³/mol. The van der Waals surface area contributed by atoms with E-state index in [1.165, 1.54) is 12.8 Å². The van der Waals surface area contributed by atoms with Crippen LogP contribution in [0, 0.1) is 0 Å². The number of hydrogen-bond acceptors (Lipinski definition) is 2. The molecule has 54 valence electrons. The lowest BCUT2D eigenvalue weighted by molar-refractivity contribution is 0.264. The number of nitrogens with one attached hydrogen (secondary N) is 2. The minimum absolute atomic E-state index is 0.408. The summed E-state index contributed by atoms with van der Waals surface area (Å²) < 4.78 is 0. The van der Waals surface area contributed by atoms with Gasteiger partial charge in [0, 0.05) is 12.2 Å². The van der Waals surface area contributed by atoms with Crippen molar-refractivity contribution in [3.05, 3.63) is 0 Å². The van der Waals surface area contributed by atoms with Crippen molar-refractivity contribution in [2.45, 2.75) is 32.2 Å². The average Bonchev–Trinajstić information content (AvgIpc) is 1.90. The molecule has 2 N–H and O–H groups in total. The van der Waals surface area contributed by atoms with Crippen LogP contribution in [0.1, 0.15) is 26.7 Å². The molecule has 1 fully saturated rings. The molecule has 0 aromatic carbocycles. The van der Waals surface area contributed by atoms with Crippen LogP contribution in [0.5, 0.6) is 0 Å². The Kier molecular flexibility index (Phi) is 2.09. The Hall–Kier alpha value is -0.0800. The molecule has 0 aliphatic carbocycles. The van der Waals surface area contributed by atoms with Crippen molar-refractivity contribution in [2.75, 3.05) is 13.2 Å². The van der Waals surface area contributed by atoms with Gasteiger partial charge in [0.05, 0.1) is 0 Å². The fourth-order valence-electron chi connectivity index (χ4n) is 1.12. The first kappa shape index (κ1) is 7.03. The zero-order valence-corrected chi connectivity index (χ0v) is 6.33. The summed E-state index contributed by atoms with van der Waals surface area (Å²) in [6.45, 7) is 6.66. The lowest BCUT2D eigenvalue weighted by atomic mass is 9.93. The highest BCUT2D eigenvalue weighted by molar-refractivity contribution is 4.84. The molecule has 1 aliphatic rings. The Morgan fingerprint density at radius 2 is 2.33 bits per heavy atom. The van der Waals surface area contributed by atoms with Crippen molar-refractivity contribution in [1.82, 2.24) is 10.6 Å². The topological polar surface area (TPSA) is 24.1 Å². The van der Waals surface area contributed by atoms with Crippen molar-refractivity contribution in [3.63, 3.8) is 0 Å². The minimum Gasteiger partial charge on any atom is -0.304 e. The molecule has 1 rings (SSSR count). The molecule has 1 aliphatic heterocycles. The predicted octanol–water partition coefficient (Wildman–Crippen LogP) is 0.696. The van der Waals surface area contributed by atoms with Gasteiger partial charge in [0.2, 0.25) is 0 Å². The van der Waals surface area contributed by atoms with Gasteiger partial charge < -0.3 is 5.32 Å². The van der Waals surface area contributed by atoms with Crippen LogP contribution in [0.2, 0.25) is 0 Å². The lowest BCUT2D eigenvalue weighted by Gasteiger charge is -2.34. The molecular weight excluding hydrogens is 112 g/mol. The Morgan fingerprint density at radius 3 is 2.67 bits per heavy atom. The van der Waals surface area contributed by atoms with Crippen LogP contribution in [0.3, 0.4) is 0 Å². The quantitative estimate of drug-likeness (QED) is 0.543. The van der Waals surface area contributed by atoms with Crippen LogP contribution in [0.15, 0.2) is 0 Å². The molecule has 1 saturated heterocycles. The van der Waals surface area contributed by atoms with E-state index in [1.54, 1.807) is 0 Å². The molecule has 0 amide bonds. The second-order valence-corrected chi connectivity index (χ2v) is 3.02. The maximum absolute atomic E-state index is 3.43. The molecule has 0 saturated carbocycles. The van der Waals surface area contributed by atoms with Gasteiger partial charge in [-0.3, -0.25) is 5.32 Å². The molecule has 0 aromatic rings. The molecule has 0 radical (unpaired) electrons. The molecule has 0 bridgehead atoms. The van der Waals surface area contributed by atoms with Crippen molar-refractivity contribution in [2.24, 2.45) is 0 Å². The van der Waals surface area contributed by atoms with Gasteiger partial charge in [-0.15, -0.1) is 0 Å². The third kappa shape index (κ3) is 1.66. The van der Waals surface area contributed by atoms with Crippen molar-refractivity contribution in [3.8, 4) is 0 Å². The summed E-state index contributed by atoms with van der Waals surface area (Å²) in [5.41, 5.74) is 0.408. The summed E-state index contributed by atoms with van der Waals surface area (Å²) in [5.74, 6) is 0. The summed E-state index contributed by atoms with van der Waals surface area (Å²) in [4.78, 5) is 0. The van der Waals surface area contributed by atoms with Crippen LogP contribution in [0.4, 0.5) is 0 Å². The first-order valence-electron chi connectivity index (χ1n) is 3.72. The van der Waals surface area contributed by atoms with Gasteiger partial charge in [-0.25, -0.2) is 0 Å². The summed E-state index contributed by atoms with van der Waals surface area (Å²) in [7, 11) is 0. The zero-order valence-electron chi connectivity index (χ0n) is 6.33. The average molecular weight is 128 g/mol. The molecule has 1 heterocycles. The highest BCUT2D eigenvalue weighted by Gasteiger charge is 2.22. The van der Waals surface area contributed by atoms with E-state index in [0.29, 0.717) is 5.54 Å². The van der Waals surface area contributed by atoms with Crippen molar-refractivity contribution < 1.29 is 0 Å². The van der Waals surface area contributed by atoms with Crippen LogP contribution in [-0.2, 0) is 0 Å². The van der Waals surface area contributed by atoms with Gasteiger partial charge in [0.15, 0.2) is 0 Å². The van der Waals surface area contributed by atoms with Crippen molar-refractivity contribution in [1.29, 1.82) is 0 Å². The fourth-order valence-corrected chi connectivity index (χ4v) is 1.12. The maximum Gasteiger partial charge on any atom is 0.0458 e. The number of hydrogen-bond donors (Lipinski definition) is 2. The van der Waals surface area contributed by atoms with Gasteiger partial charge >= 0.3 is 0 Å². The molecular formula is C7H16N2. The van der Waals surface area contributed by atoms with E-state index >= 15 is 0 Å². The monoisotopic (exact) mass is 128 g/mol. The Morgan fingerprint density at radius 1 is 1.56 bits per heavy atom. The third-order valence-electron chi connectivity index (χ3n) is 2.27. The van der Waals surface area contributed by atoms with Crippen LogP contribution < -0.4 is 10.6 Å². The second-order valence-electron chi connectivity index (χ2n) is 3.02. The van der Waals surface area contributed by atoms with Crippen molar-refractivity contribution >= 4 is 0 Å². The lowest BCUT2D eigenvalue weighted by Crippen LogP contribution is -2.52. The van der Waals surface area contributed by atoms with Gasteiger partial charge in [0.1, 0.15) is 0 Å². The molecule has 2 heteroatoms. The first-order valence-corrected chi connectivity index (χ1v) is 3.72. The molecule has 1 unspecified atom stereocenters. The van der Waals surface area contributed by atoms with E-state index in [2.05, 4.69) is 24.5 Å². The highest BCUT2D eigenvalue weighted by atomic mass is 15.1. The Balaban J connectivity index is 2.37. The highest BCUT2D eigenvalue weighted by Crippen LogP contribution is 2.14. The molecule has 9 heavy (non-hydrogen) atoms. The molecule has 0 aromatic heterocycles. The van der Waals surface area contributed by atoms with Gasteiger partial charge in [-0.1, -0.05) is 6.92 Å². The van der Waals surface area contributed by atoms with E-state index in [9.17, 15) is 0 Å². The maximum atomic E-state index is 3.43. The van der Waals surface area contributed by atoms with E-state index in [1.807, 2.05) is 0 Å². The van der Waals surface area contributed by atoms with E-state index in [-0.39, 0.29) is 0 Å². The molecule has 1 atom stereocenters. The normalized spacial score (nSPS) is 36.7. The van der Waals surface area contributed by atoms with Gasteiger partial charge in [-0.05, 0) is 26.3 Å². The minimum atomic E-state index is 0.408. The summed E-state index contributed by atoms with van der Waals surface area (Å²) in [5, 5.41) is 6.70. The Labute approximate surface area is 57.0 Å². The summed E-state index contributed by atoms with van der Waals surface area (Å²) in [6.07, 6.45) is 2.48. The van der Waals surface area contributed by atoms with Gasteiger partial charge in [-0.2, -0.15) is 0 Å². The smallest absolute Gasteiger partial charge is 0.0458 e. The SMILES string of the molecule is CCC1(C)CCNCN1. The Bertz CT molecular complexity index is 84.9. The second kappa shape index (κ2) is 2.67. The van der Waals surface area contributed by atoms with Gasteiger partial charge in [0.25, 0.3) is 0 Å². The van der Waals surface area contributed by atoms with E-state index in [0.717, 1.165) is 13.2 Å². The third-order valence-corrected chi connectivity index (χ3v) is 2.27. The molecule has 0 spiro atoms. The van der Waals surface area contributed by atoms with Crippen LogP contribution in [-0.4, -0.2) is 18.8 Å². The van der Waals surface area contributed by atoms with E-state index in [4.69, 9.17) is 0 Å². The first-order chi connectivity index (χ1) is 4.27. The molecule has 2 nitrogen and oxygen atoms in total.